The van der Waals surface area contributed by atoms with Gasteiger partial charge in [-0.15, -0.1) is 0 Å². The van der Waals surface area contributed by atoms with Crippen LogP contribution < -0.4 is 25.0 Å². The van der Waals surface area contributed by atoms with Gasteiger partial charge in [0.15, 0.2) is 11.5 Å². The SMILES string of the molecule is COc1ccc(Cl)cc1NC(=O)C(=O)N/N=C/c1cc(Br)c(OCc2ccccc2C)c(OC)c1. The van der Waals surface area contributed by atoms with Crippen LogP contribution in [0.3, 0.4) is 0 Å². The van der Waals surface area contributed by atoms with E-state index in [-0.39, 0.29) is 5.69 Å². The van der Waals surface area contributed by atoms with Crippen molar-refractivity contribution in [3.63, 3.8) is 0 Å². The van der Waals surface area contributed by atoms with Gasteiger partial charge in [-0.25, -0.2) is 5.43 Å². The average molecular weight is 561 g/mol. The number of nitrogens with zero attached hydrogens (tertiary/aromatic N) is 1. The summed E-state index contributed by atoms with van der Waals surface area (Å²) in [6.07, 6.45) is 1.38. The smallest absolute Gasteiger partial charge is 0.329 e. The lowest BCUT2D eigenvalue weighted by Crippen LogP contribution is -2.32. The van der Waals surface area contributed by atoms with E-state index < -0.39 is 11.8 Å². The lowest BCUT2D eigenvalue weighted by Gasteiger charge is -2.14. The molecule has 3 aromatic rings. The van der Waals surface area contributed by atoms with Crippen LogP contribution in [0.4, 0.5) is 5.69 Å². The maximum Gasteiger partial charge on any atom is 0.329 e. The lowest BCUT2D eigenvalue weighted by atomic mass is 10.1. The first-order valence-electron chi connectivity index (χ1n) is 10.3. The second kappa shape index (κ2) is 12.2. The predicted molar refractivity (Wildman–Crippen MR) is 139 cm³/mol. The number of carbonyl (C=O) groups excluding carboxylic acids is 2. The summed E-state index contributed by atoms with van der Waals surface area (Å²) >= 11 is 9.43. The molecule has 0 spiro atoms. The Morgan fingerprint density at radius 1 is 1.03 bits per heavy atom. The maximum absolute atomic E-state index is 12.2. The molecule has 0 aliphatic rings. The molecule has 0 radical (unpaired) electrons. The first-order valence-corrected chi connectivity index (χ1v) is 11.5. The summed E-state index contributed by atoms with van der Waals surface area (Å²) in [5, 5.41) is 6.67. The number of rotatable bonds is 8. The highest BCUT2D eigenvalue weighted by Gasteiger charge is 2.16. The Hall–Kier alpha value is -3.56. The van der Waals surface area contributed by atoms with Crippen LogP contribution in [0, 0.1) is 6.92 Å². The van der Waals surface area contributed by atoms with Gasteiger partial charge < -0.3 is 19.5 Å². The molecule has 35 heavy (non-hydrogen) atoms. The normalized spacial score (nSPS) is 10.7. The number of benzene rings is 3. The van der Waals surface area contributed by atoms with Crippen molar-refractivity contribution in [1.29, 1.82) is 0 Å². The molecule has 0 bridgehead atoms. The number of anilines is 1. The molecule has 0 saturated carbocycles. The third kappa shape index (κ3) is 6.97. The van der Waals surface area contributed by atoms with Crippen LogP contribution in [0.2, 0.25) is 5.02 Å². The monoisotopic (exact) mass is 559 g/mol. The highest BCUT2D eigenvalue weighted by Crippen LogP contribution is 2.37. The molecule has 0 saturated heterocycles. The minimum Gasteiger partial charge on any atom is -0.495 e. The van der Waals surface area contributed by atoms with E-state index in [1.807, 2.05) is 31.2 Å². The van der Waals surface area contributed by atoms with Gasteiger partial charge in [0, 0.05) is 5.02 Å². The molecule has 0 unspecified atom stereocenters. The van der Waals surface area contributed by atoms with E-state index in [2.05, 4.69) is 31.8 Å². The molecule has 2 amide bonds. The second-order valence-electron chi connectivity index (χ2n) is 7.25. The molecule has 182 valence electrons. The third-order valence-corrected chi connectivity index (χ3v) is 5.70. The molecular formula is C25H23BrClN3O5. The van der Waals surface area contributed by atoms with Crippen LogP contribution in [0.25, 0.3) is 0 Å². The first kappa shape index (κ1) is 26.1. The predicted octanol–water partition coefficient (Wildman–Crippen LogP) is 5.10. The Morgan fingerprint density at radius 2 is 1.77 bits per heavy atom. The third-order valence-electron chi connectivity index (χ3n) is 4.88. The van der Waals surface area contributed by atoms with Crippen molar-refractivity contribution in [2.45, 2.75) is 13.5 Å². The minimum absolute atomic E-state index is 0.263. The van der Waals surface area contributed by atoms with E-state index in [1.54, 1.807) is 24.3 Å². The largest absolute Gasteiger partial charge is 0.495 e. The Balaban J connectivity index is 1.65. The Kier molecular flexibility index (Phi) is 9.11. The molecule has 0 atom stereocenters. The topological polar surface area (TPSA) is 98.2 Å². The van der Waals surface area contributed by atoms with Crippen LogP contribution in [0.5, 0.6) is 17.2 Å². The molecule has 8 nitrogen and oxygen atoms in total. The van der Waals surface area contributed by atoms with Crippen molar-refractivity contribution in [2.24, 2.45) is 5.10 Å². The van der Waals surface area contributed by atoms with Gasteiger partial charge in [0.25, 0.3) is 0 Å². The fraction of sp³-hybridized carbons (Fsp3) is 0.160. The van der Waals surface area contributed by atoms with Crippen LogP contribution in [0.15, 0.2) is 64.2 Å². The van der Waals surface area contributed by atoms with Crippen molar-refractivity contribution in [1.82, 2.24) is 5.43 Å². The van der Waals surface area contributed by atoms with Crippen molar-refractivity contribution in [3.05, 3.63) is 80.8 Å². The van der Waals surface area contributed by atoms with Crippen molar-refractivity contribution >= 4 is 51.2 Å². The van der Waals surface area contributed by atoms with Crippen LogP contribution in [-0.4, -0.2) is 32.2 Å². The average Bonchev–Trinajstić information content (AvgIpc) is 2.84. The fourth-order valence-corrected chi connectivity index (χ4v) is 3.80. The minimum atomic E-state index is -0.965. The van der Waals surface area contributed by atoms with Gasteiger partial charge in [0.1, 0.15) is 12.4 Å². The molecule has 3 rings (SSSR count). The molecular weight excluding hydrogens is 538 g/mol. The summed E-state index contributed by atoms with van der Waals surface area (Å²) in [6, 6.07) is 16.0. The number of carbonyl (C=O) groups is 2. The van der Waals surface area contributed by atoms with E-state index >= 15 is 0 Å². The van der Waals surface area contributed by atoms with Crippen LogP contribution >= 0.6 is 27.5 Å². The number of nitrogens with one attached hydrogen (secondary N) is 2. The van der Waals surface area contributed by atoms with E-state index in [9.17, 15) is 9.59 Å². The lowest BCUT2D eigenvalue weighted by molar-refractivity contribution is -0.136. The van der Waals surface area contributed by atoms with Gasteiger partial charge in [-0.1, -0.05) is 35.9 Å². The zero-order valence-electron chi connectivity index (χ0n) is 19.2. The highest BCUT2D eigenvalue weighted by atomic mass is 79.9. The van der Waals surface area contributed by atoms with Crippen molar-refractivity contribution in [3.8, 4) is 17.2 Å². The zero-order valence-corrected chi connectivity index (χ0v) is 21.6. The second-order valence-corrected chi connectivity index (χ2v) is 8.54. The van der Waals surface area contributed by atoms with Crippen LogP contribution in [0.1, 0.15) is 16.7 Å². The summed E-state index contributed by atoms with van der Waals surface area (Å²) in [6.45, 7) is 2.39. The number of methoxy groups -OCH3 is 2. The standard InChI is InChI=1S/C25H23BrClN3O5/c1-15-6-4-5-7-17(15)14-35-23-19(26)10-16(11-22(23)34-3)13-28-30-25(32)24(31)29-20-12-18(27)8-9-21(20)33-2/h4-13H,14H2,1-3H3,(H,29,31)(H,30,32)/b28-13+. The number of ether oxygens (including phenoxy) is 3. The molecule has 0 aromatic heterocycles. The number of hydrogen-bond acceptors (Lipinski definition) is 6. The Bertz CT molecular complexity index is 1270. The molecule has 0 fully saturated rings. The fourth-order valence-electron chi connectivity index (χ4n) is 3.05. The number of aryl methyl sites for hydroxylation is 1. The van der Waals surface area contributed by atoms with Crippen LogP contribution in [-0.2, 0) is 16.2 Å². The van der Waals surface area contributed by atoms with E-state index in [4.69, 9.17) is 25.8 Å². The number of hydrazone groups is 1. The maximum atomic E-state index is 12.2. The summed E-state index contributed by atoms with van der Waals surface area (Å²) in [5.41, 5.74) is 5.24. The quantitative estimate of drug-likeness (QED) is 0.227. The molecule has 2 N–H and O–H groups in total. The zero-order chi connectivity index (χ0) is 25.4. The summed E-state index contributed by atoms with van der Waals surface area (Å²) in [4.78, 5) is 24.4. The van der Waals surface area contributed by atoms with Gasteiger partial charge in [0.05, 0.1) is 30.6 Å². The molecule has 3 aromatic carbocycles. The Labute approximate surface area is 216 Å². The van der Waals surface area contributed by atoms with E-state index in [0.29, 0.717) is 38.9 Å². The first-order chi connectivity index (χ1) is 16.8. The van der Waals surface area contributed by atoms with Gasteiger partial charge in [-0.2, -0.15) is 5.10 Å². The van der Waals surface area contributed by atoms with E-state index in [0.717, 1.165) is 11.1 Å². The van der Waals surface area contributed by atoms with Gasteiger partial charge in [-0.05, 0) is 69.9 Å². The summed E-state index contributed by atoms with van der Waals surface area (Å²) in [7, 11) is 2.97. The van der Waals surface area contributed by atoms with Crippen molar-refractivity contribution < 1.29 is 23.8 Å². The van der Waals surface area contributed by atoms with E-state index in [1.165, 1.54) is 26.5 Å². The highest BCUT2D eigenvalue weighted by molar-refractivity contribution is 9.10. The molecule has 10 heteroatoms. The number of hydrogen-bond donors (Lipinski definition) is 2. The van der Waals surface area contributed by atoms with Gasteiger partial charge >= 0.3 is 11.8 Å². The molecule has 0 aliphatic heterocycles. The summed E-state index contributed by atoms with van der Waals surface area (Å²) in [5.74, 6) is -0.520. The molecule has 0 heterocycles. The number of amides is 2. The van der Waals surface area contributed by atoms with Gasteiger partial charge in [0.2, 0.25) is 0 Å². The number of halogens is 2. The van der Waals surface area contributed by atoms with Gasteiger partial charge in [-0.3, -0.25) is 9.59 Å². The summed E-state index contributed by atoms with van der Waals surface area (Å²) < 4.78 is 17.2. The molecule has 0 aliphatic carbocycles. The Morgan fingerprint density at radius 3 is 2.49 bits per heavy atom. The van der Waals surface area contributed by atoms with Crippen molar-refractivity contribution in [2.75, 3.05) is 19.5 Å².